The Morgan fingerprint density at radius 2 is 2.05 bits per heavy atom. The molecule has 2 rings (SSSR count). The Kier molecular flexibility index (Phi) is 4.87. The molecular weight excluding hydrogens is 278 g/mol. The Bertz CT molecular complexity index is 509. The number of benzene rings is 1. The predicted octanol–water partition coefficient (Wildman–Crippen LogP) is 1.79. The van der Waals surface area contributed by atoms with E-state index in [2.05, 4.69) is 0 Å². The maximum absolute atomic E-state index is 10.8. The van der Waals surface area contributed by atoms with Crippen molar-refractivity contribution in [3.8, 4) is 0 Å². The van der Waals surface area contributed by atoms with Crippen LogP contribution in [0.2, 0.25) is 0 Å². The highest BCUT2D eigenvalue weighted by atomic mass is 16.6. The molecule has 1 aliphatic heterocycles. The lowest BCUT2D eigenvalue weighted by molar-refractivity contribution is -0.384. The van der Waals surface area contributed by atoms with Gasteiger partial charge in [-0.05, 0) is 18.4 Å². The molecule has 1 heterocycles. The number of nitrogens with zero attached hydrogens (tertiary/aromatic N) is 1. The van der Waals surface area contributed by atoms with Crippen LogP contribution in [0.3, 0.4) is 0 Å². The van der Waals surface area contributed by atoms with Gasteiger partial charge in [0.15, 0.2) is 5.60 Å². The normalized spacial score (nSPS) is 20.2. The van der Waals surface area contributed by atoms with Crippen LogP contribution in [0, 0.1) is 10.1 Å². The predicted molar refractivity (Wildman–Crippen MR) is 73.2 cm³/mol. The quantitative estimate of drug-likeness (QED) is 0.322. The van der Waals surface area contributed by atoms with Gasteiger partial charge >= 0.3 is 5.97 Å². The minimum atomic E-state index is -1.02. The molecule has 0 radical (unpaired) electrons. The van der Waals surface area contributed by atoms with Crippen LogP contribution in [0.5, 0.6) is 0 Å². The standard InChI is InChI=1S/C14H17NO6/c16-13(17)14(10-21-14)7-9-20-8-1-2-11-3-5-12(6-4-11)15(18)19/h3-6H,1-2,7-10H2,(H,16,17). The first kappa shape index (κ1) is 15.4. The number of carboxylic acids is 1. The SMILES string of the molecule is O=C(O)C1(CCOCCCc2ccc([N+](=O)[O-])cc2)CO1. The smallest absolute Gasteiger partial charge is 0.338 e. The molecule has 0 saturated carbocycles. The van der Waals surface area contributed by atoms with Gasteiger partial charge < -0.3 is 14.6 Å². The number of carboxylic acid groups (broad SMARTS) is 1. The molecule has 1 aliphatic rings. The van der Waals surface area contributed by atoms with Gasteiger partial charge in [0.2, 0.25) is 0 Å². The second-order valence-corrected chi connectivity index (χ2v) is 4.98. The highest BCUT2D eigenvalue weighted by molar-refractivity contribution is 5.80. The number of rotatable bonds is 9. The molecule has 21 heavy (non-hydrogen) atoms. The summed E-state index contributed by atoms with van der Waals surface area (Å²) in [4.78, 5) is 20.9. The van der Waals surface area contributed by atoms with Crippen LogP contribution in [-0.4, -0.2) is 41.4 Å². The van der Waals surface area contributed by atoms with Crippen LogP contribution in [-0.2, 0) is 20.7 Å². The first-order valence-corrected chi connectivity index (χ1v) is 6.72. The molecule has 1 N–H and O–H groups in total. The van der Waals surface area contributed by atoms with Crippen LogP contribution in [0.15, 0.2) is 24.3 Å². The summed E-state index contributed by atoms with van der Waals surface area (Å²) in [6.45, 7) is 1.13. The molecule has 7 heteroatoms. The number of carbonyl (C=O) groups is 1. The topological polar surface area (TPSA) is 102 Å². The second-order valence-electron chi connectivity index (χ2n) is 4.98. The molecule has 0 aromatic heterocycles. The molecule has 1 aromatic rings. The lowest BCUT2D eigenvalue weighted by Gasteiger charge is -2.07. The maximum atomic E-state index is 10.8. The number of aryl methyl sites for hydroxylation is 1. The van der Waals surface area contributed by atoms with Gasteiger partial charge in [-0.25, -0.2) is 4.79 Å². The molecule has 1 atom stereocenters. The van der Waals surface area contributed by atoms with E-state index >= 15 is 0 Å². The lowest BCUT2D eigenvalue weighted by atomic mass is 10.1. The molecule has 0 amide bonds. The number of ether oxygens (including phenoxy) is 2. The monoisotopic (exact) mass is 295 g/mol. The van der Waals surface area contributed by atoms with Gasteiger partial charge in [0.05, 0.1) is 11.5 Å². The molecule has 1 aromatic carbocycles. The summed E-state index contributed by atoms with van der Waals surface area (Å²) < 4.78 is 10.3. The molecule has 114 valence electrons. The van der Waals surface area contributed by atoms with Crippen LogP contribution in [0.1, 0.15) is 18.4 Å². The number of aliphatic carboxylic acids is 1. The van der Waals surface area contributed by atoms with Gasteiger partial charge in [-0.1, -0.05) is 12.1 Å². The van der Waals surface area contributed by atoms with Crippen molar-refractivity contribution in [1.82, 2.24) is 0 Å². The van der Waals surface area contributed by atoms with E-state index in [1.807, 2.05) is 0 Å². The average Bonchev–Trinajstić information content (AvgIpc) is 3.24. The zero-order valence-electron chi connectivity index (χ0n) is 11.5. The number of nitro benzene ring substituents is 1. The summed E-state index contributed by atoms with van der Waals surface area (Å²) in [6.07, 6.45) is 1.90. The van der Waals surface area contributed by atoms with Gasteiger partial charge in [0.1, 0.15) is 0 Å². The minimum Gasteiger partial charge on any atom is -0.479 e. The van der Waals surface area contributed by atoms with Crippen molar-refractivity contribution >= 4 is 11.7 Å². The molecule has 1 saturated heterocycles. The van der Waals surface area contributed by atoms with Gasteiger partial charge in [-0.2, -0.15) is 0 Å². The molecule has 0 spiro atoms. The van der Waals surface area contributed by atoms with Gasteiger partial charge in [0, 0.05) is 31.8 Å². The van der Waals surface area contributed by atoms with Crippen LogP contribution in [0.4, 0.5) is 5.69 Å². The fraction of sp³-hybridized carbons (Fsp3) is 0.500. The van der Waals surface area contributed by atoms with E-state index in [9.17, 15) is 14.9 Å². The molecule has 7 nitrogen and oxygen atoms in total. The molecular formula is C14H17NO6. The van der Waals surface area contributed by atoms with Crippen molar-refractivity contribution < 1.29 is 24.3 Å². The first-order valence-electron chi connectivity index (χ1n) is 6.72. The van der Waals surface area contributed by atoms with Crippen molar-refractivity contribution in [2.45, 2.75) is 24.9 Å². The highest BCUT2D eigenvalue weighted by Gasteiger charge is 2.52. The average molecular weight is 295 g/mol. The Balaban J connectivity index is 1.59. The number of nitro groups is 1. The zero-order chi connectivity index (χ0) is 15.3. The number of hydrogen-bond acceptors (Lipinski definition) is 5. The number of non-ortho nitro benzene ring substituents is 1. The minimum absolute atomic E-state index is 0.0819. The van der Waals surface area contributed by atoms with E-state index < -0.39 is 16.5 Å². The van der Waals surface area contributed by atoms with E-state index in [-0.39, 0.29) is 12.3 Å². The largest absolute Gasteiger partial charge is 0.479 e. The fourth-order valence-corrected chi connectivity index (χ4v) is 1.96. The van der Waals surface area contributed by atoms with Crippen LogP contribution < -0.4 is 0 Å². The summed E-state index contributed by atoms with van der Waals surface area (Å²) in [5.74, 6) is -0.933. The third-order valence-corrected chi connectivity index (χ3v) is 3.43. The van der Waals surface area contributed by atoms with Crippen molar-refractivity contribution in [2.24, 2.45) is 0 Å². The van der Waals surface area contributed by atoms with Crippen molar-refractivity contribution in [3.05, 3.63) is 39.9 Å². The maximum Gasteiger partial charge on any atom is 0.338 e. The van der Waals surface area contributed by atoms with E-state index in [1.165, 1.54) is 12.1 Å². The highest BCUT2D eigenvalue weighted by Crippen LogP contribution is 2.30. The Morgan fingerprint density at radius 1 is 1.38 bits per heavy atom. The van der Waals surface area contributed by atoms with Crippen LogP contribution in [0.25, 0.3) is 0 Å². The molecule has 1 unspecified atom stereocenters. The summed E-state index contributed by atoms with van der Waals surface area (Å²) in [6, 6.07) is 6.43. The first-order chi connectivity index (χ1) is 10.0. The van der Waals surface area contributed by atoms with Gasteiger partial charge in [-0.3, -0.25) is 10.1 Å². The summed E-state index contributed by atoms with van der Waals surface area (Å²) in [7, 11) is 0. The Labute approximate surface area is 121 Å². The van der Waals surface area contributed by atoms with E-state index in [1.54, 1.807) is 12.1 Å². The Morgan fingerprint density at radius 3 is 2.57 bits per heavy atom. The lowest BCUT2D eigenvalue weighted by Crippen LogP contribution is -2.25. The third-order valence-electron chi connectivity index (χ3n) is 3.43. The molecule has 1 fully saturated rings. The summed E-state index contributed by atoms with van der Waals surface area (Å²) in [5.41, 5.74) is 0.0772. The molecule has 0 bridgehead atoms. The molecule has 0 aliphatic carbocycles. The number of epoxide rings is 1. The van der Waals surface area contributed by atoms with Gasteiger partial charge in [0.25, 0.3) is 5.69 Å². The van der Waals surface area contributed by atoms with Gasteiger partial charge in [-0.15, -0.1) is 0 Å². The number of hydrogen-bond donors (Lipinski definition) is 1. The third kappa shape index (κ3) is 4.24. The zero-order valence-corrected chi connectivity index (χ0v) is 11.5. The second kappa shape index (κ2) is 6.64. The van der Waals surface area contributed by atoms with Crippen LogP contribution >= 0.6 is 0 Å². The van der Waals surface area contributed by atoms with E-state index in [4.69, 9.17) is 14.6 Å². The Hall–Kier alpha value is -1.99. The van der Waals surface area contributed by atoms with Crippen molar-refractivity contribution in [3.63, 3.8) is 0 Å². The summed E-state index contributed by atoms with van der Waals surface area (Å²) in [5, 5.41) is 19.4. The fourth-order valence-electron chi connectivity index (χ4n) is 1.96. The van der Waals surface area contributed by atoms with E-state index in [0.717, 1.165) is 18.4 Å². The van der Waals surface area contributed by atoms with E-state index in [0.29, 0.717) is 19.6 Å². The van der Waals surface area contributed by atoms with Crippen molar-refractivity contribution in [1.29, 1.82) is 0 Å². The van der Waals surface area contributed by atoms with Crippen molar-refractivity contribution in [2.75, 3.05) is 19.8 Å². The summed E-state index contributed by atoms with van der Waals surface area (Å²) >= 11 is 0.